The number of halogens is 1. The molecule has 0 saturated carbocycles. The van der Waals surface area contributed by atoms with E-state index in [0.29, 0.717) is 11.3 Å². The molecule has 1 fully saturated rings. The van der Waals surface area contributed by atoms with Gasteiger partial charge in [0.2, 0.25) is 0 Å². The lowest BCUT2D eigenvalue weighted by molar-refractivity contribution is 0.171. The van der Waals surface area contributed by atoms with Gasteiger partial charge >= 0.3 is 0 Å². The summed E-state index contributed by atoms with van der Waals surface area (Å²) in [6.45, 7) is 7.04. The third-order valence-electron chi connectivity index (χ3n) is 4.13. The van der Waals surface area contributed by atoms with Crippen LogP contribution in [-0.4, -0.2) is 13.1 Å². The monoisotopic (exact) mass is 295 g/mol. The summed E-state index contributed by atoms with van der Waals surface area (Å²) in [5.74, 6) is 0.647. The van der Waals surface area contributed by atoms with Crippen LogP contribution in [-0.2, 0) is 0 Å². The lowest BCUT2D eigenvalue weighted by Gasteiger charge is -2.42. The highest BCUT2D eigenvalue weighted by Crippen LogP contribution is 2.44. The number of hydrogen-bond donors (Lipinski definition) is 1. The van der Waals surface area contributed by atoms with Gasteiger partial charge in [-0.2, -0.15) is 0 Å². The maximum Gasteiger partial charge on any atom is 0.0178 e. The highest BCUT2D eigenvalue weighted by Gasteiger charge is 2.36. The summed E-state index contributed by atoms with van der Waals surface area (Å²) in [4.78, 5) is 0. The SMILES string of the molecule is CCCC1(C)CCNCC1c1cccc(Br)c1. The van der Waals surface area contributed by atoms with Gasteiger partial charge in [-0.3, -0.25) is 0 Å². The van der Waals surface area contributed by atoms with Crippen LogP contribution in [0.5, 0.6) is 0 Å². The fourth-order valence-electron chi connectivity index (χ4n) is 3.15. The number of benzene rings is 1. The van der Waals surface area contributed by atoms with E-state index < -0.39 is 0 Å². The van der Waals surface area contributed by atoms with E-state index in [1.807, 2.05) is 0 Å². The van der Waals surface area contributed by atoms with E-state index in [0.717, 1.165) is 6.54 Å². The second-order valence-corrected chi connectivity index (χ2v) is 6.38. The van der Waals surface area contributed by atoms with Crippen molar-refractivity contribution >= 4 is 15.9 Å². The third kappa shape index (κ3) is 2.92. The molecule has 1 aromatic carbocycles. The van der Waals surface area contributed by atoms with Crippen molar-refractivity contribution in [3.05, 3.63) is 34.3 Å². The third-order valence-corrected chi connectivity index (χ3v) is 4.63. The number of rotatable bonds is 3. The minimum Gasteiger partial charge on any atom is -0.316 e. The van der Waals surface area contributed by atoms with Gasteiger partial charge in [0.1, 0.15) is 0 Å². The van der Waals surface area contributed by atoms with Crippen LogP contribution >= 0.6 is 15.9 Å². The Morgan fingerprint density at radius 3 is 3.00 bits per heavy atom. The minimum atomic E-state index is 0.459. The fraction of sp³-hybridized carbons (Fsp3) is 0.600. The molecule has 0 amide bonds. The van der Waals surface area contributed by atoms with Crippen LogP contribution in [0.1, 0.15) is 44.6 Å². The van der Waals surface area contributed by atoms with Crippen molar-refractivity contribution in [1.29, 1.82) is 0 Å². The molecule has 1 saturated heterocycles. The van der Waals surface area contributed by atoms with Crippen LogP contribution < -0.4 is 5.32 Å². The molecule has 2 heteroatoms. The van der Waals surface area contributed by atoms with E-state index in [-0.39, 0.29) is 0 Å². The van der Waals surface area contributed by atoms with E-state index in [9.17, 15) is 0 Å². The zero-order chi connectivity index (χ0) is 12.3. The molecule has 0 bridgehead atoms. The van der Waals surface area contributed by atoms with Crippen molar-refractivity contribution in [2.45, 2.75) is 39.0 Å². The topological polar surface area (TPSA) is 12.0 Å². The Hall–Kier alpha value is -0.340. The maximum absolute atomic E-state index is 3.58. The Balaban J connectivity index is 2.27. The van der Waals surface area contributed by atoms with Crippen LogP contribution in [0.2, 0.25) is 0 Å². The molecule has 2 rings (SSSR count). The van der Waals surface area contributed by atoms with Crippen LogP contribution in [0.3, 0.4) is 0 Å². The van der Waals surface area contributed by atoms with Gasteiger partial charge in [0.15, 0.2) is 0 Å². The second-order valence-electron chi connectivity index (χ2n) is 5.47. The molecule has 1 aromatic rings. The van der Waals surface area contributed by atoms with E-state index in [1.165, 1.54) is 35.8 Å². The largest absolute Gasteiger partial charge is 0.316 e. The van der Waals surface area contributed by atoms with Gasteiger partial charge in [-0.05, 0) is 42.5 Å². The molecule has 1 heterocycles. The molecule has 17 heavy (non-hydrogen) atoms. The Kier molecular flexibility index (Phi) is 4.26. The molecule has 0 spiro atoms. The van der Waals surface area contributed by atoms with Crippen LogP contribution in [0.25, 0.3) is 0 Å². The summed E-state index contributed by atoms with van der Waals surface area (Å²) in [5.41, 5.74) is 1.93. The molecule has 0 aromatic heterocycles. The highest BCUT2D eigenvalue weighted by atomic mass is 79.9. The van der Waals surface area contributed by atoms with Crippen LogP contribution in [0.4, 0.5) is 0 Å². The molecule has 1 aliphatic heterocycles. The predicted molar refractivity (Wildman–Crippen MR) is 77.4 cm³/mol. The summed E-state index contributed by atoms with van der Waals surface area (Å²) in [6.07, 6.45) is 3.89. The van der Waals surface area contributed by atoms with Gasteiger partial charge in [0.05, 0.1) is 0 Å². The molecule has 1 aliphatic rings. The summed E-state index contributed by atoms with van der Waals surface area (Å²) in [5, 5.41) is 3.55. The van der Waals surface area contributed by atoms with Crippen molar-refractivity contribution in [1.82, 2.24) is 5.32 Å². The predicted octanol–water partition coefficient (Wildman–Crippen LogP) is 4.33. The second kappa shape index (κ2) is 5.53. The molecule has 1 N–H and O–H groups in total. The molecular weight excluding hydrogens is 274 g/mol. The smallest absolute Gasteiger partial charge is 0.0178 e. The quantitative estimate of drug-likeness (QED) is 0.875. The lowest BCUT2D eigenvalue weighted by Crippen LogP contribution is -2.41. The fourth-order valence-corrected chi connectivity index (χ4v) is 3.57. The van der Waals surface area contributed by atoms with Gasteiger partial charge in [0, 0.05) is 16.9 Å². The van der Waals surface area contributed by atoms with Crippen LogP contribution in [0.15, 0.2) is 28.7 Å². The summed E-state index contributed by atoms with van der Waals surface area (Å²) in [7, 11) is 0. The first-order valence-electron chi connectivity index (χ1n) is 6.62. The van der Waals surface area contributed by atoms with Crippen molar-refractivity contribution in [2.24, 2.45) is 5.41 Å². The first kappa shape index (κ1) is 13.1. The Morgan fingerprint density at radius 1 is 1.47 bits per heavy atom. The van der Waals surface area contributed by atoms with Gasteiger partial charge < -0.3 is 5.32 Å². The molecule has 2 unspecified atom stereocenters. The number of hydrogen-bond acceptors (Lipinski definition) is 1. The van der Waals surface area contributed by atoms with Gasteiger partial charge in [-0.25, -0.2) is 0 Å². The Morgan fingerprint density at radius 2 is 2.29 bits per heavy atom. The normalized spacial score (nSPS) is 29.2. The van der Waals surface area contributed by atoms with Gasteiger partial charge in [-0.1, -0.05) is 48.3 Å². The summed E-state index contributed by atoms with van der Waals surface area (Å²) in [6, 6.07) is 8.82. The van der Waals surface area contributed by atoms with E-state index >= 15 is 0 Å². The first-order chi connectivity index (χ1) is 8.15. The lowest BCUT2D eigenvalue weighted by atomic mass is 9.67. The van der Waals surface area contributed by atoms with E-state index in [4.69, 9.17) is 0 Å². The number of piperidine rings is 1. The molecule has 1 nitrogen and oxygen atoms in total. The molecule has 2 atom stereocenters. The van der Waals surface area contributed by atoms with Gasteiger partial charge in [0.25, 0.3) is 0 Å². The maximum atomic E-state index is 3.58. The molecular formula is C15H22BrN. The van der Waals surface area contributed by atoms with Crippen molar-refractivity contribution in [3.63, 3.8) is 0 Å². The molecule has 0 radical (unpaired) electrons. The number of nitrogens with one attached hydrogen (secondary N) is 1. The minimum absolute atomic E-state index is 0.459. The Bertz CT molecular complexity index is 373. The first-order valence-corrected chi connectivity index (χ1v) is 7.41. The summed E-state index contributed by atoms with van der Waals surface area (Å²) >= 11 is 3.58. The van der Waals surface area contributed by atoms with E-state index in [2.05, 4.69) is 59.4 Å². The zero-order valence-corrected chi connectivity index (χ0v) is 12.4. The van der Waals surface area contributed by atoms with E-state index in [1.54, 1.807) is 0 Å². The van der Waals surface area contributed by atoms with Crippen molar-refractivity contribution in [3.8, 4) is 0 Å². The standard InChI is InChI=1S/C15H22BrN/c1-3-7-15(2)8-9-17-11-14(15)12-5-4-6-13(16)10-12/h4-6,10,14,17H,3,7-9,11H2,1-2H3. The Labute approximate surface area is 113 Å². The average molecular weight is 296 g/mol. The van der Waals surface area contributed by atoms with Gasteiger partial charge in [-0.15, -0.1) is 0 Å². The highest BCUT2D eigenvalue weighted by molar-refractivity contribution is 9.10. The van der Waals surface area contributed by atoms with Crippen LogP contribution in [0, 0.1) is 5.41 Å². The molecule has 0 aliphatic carbocycles. The molecule has 94 valence electrons. The van der Waals surface area contributed by atoms with Crippen molar-refractivity contribution < 1.29 is 0 Å². The summed E-state index contributed by atoms with van der Waals surface area (Å²) < 4.78 is 1.19. The zero-order valence-electron chi connectivity index (χ0n) is 10.8. The van der Waals surface area contributed by atoms with Crippen molar-refractivity contribution in [2.75, 3.05) is 13.1 Å². The average Bonchev–Trinajstić information content (AvgIpc) is 2.29.